The number of rotatable bonds is 2. The molecule has 0 aromatic carbocycles. The average Bonchev–Trinajstić information content (AvgIpc) is 2.97. The Morgan fingerprint density at radius 3 is 3.12 bits per heavy atom. The van der Waals surface area contributed by atoms with Crippen LogP contribution in [0.25, 0.3) is 0 Å². The molecule has 0 saturated carbocycles. The van der Waals surface area contributed by atoms with Gasteiger partial charge in [-0.15, -0.1) is 0 Å². The van der Waals surface area contributed by atoms with Crippen LogP contribution in [0.1, 0.15) is 21.7 Å². The van der Waals surface area contributed by atoms with Gasteiger partial charge in [-0.25, -0.2) is 0 Å². The predicted octanol–water partition coefficient (Wildman–Crippen LogP) is 0.733. The van der Waals surface area contributed by atoms with Crippen LogP contribution in [0.4, 0.5) is 5.69 Å². The van der Waals surface area contributed by atoms with Gasteiger partial charge in [-0.2, -0.15) is 0 Å². The number of carbonyl (C=O) groups is 1. The summed E-state index contributed by atoms with van der Waals surface area (Å²) in [5, 5.41) is 3.25. The maximum atomic E-state index is 12.3. The van der Waals surface area contributed by atoms with E-state index < -0.39 is 0 Å². The van der Waals surface area contributed by atoms with E-state index in [1.165, 1.54) is 0 Å². The van der Waals surface area contributed by atoms with Gasteiger partial charge >= 0.3 is 0 Å². The van der Waals surface area contributed by atoms with Gasteiger partial charge in [-0.05, 0) is 12.1 Å². The minimum absolute atomic E-state index is 0.0195. The number of carbonyl (C=O) groups excluding carboxylic acids is 1. The van der Waals surface area contributed by atoms with Gasteiger partial charge in [0.05, 0.1) is 17.1 Å². The smallest absolute Gasteiger partial charge is 0.210 e. The fourth-order valence-electron chi connectivity index (χ4n) is 2.26. The molecule has 0 bridgehead atoms. The maximum absolute atomic E-state index is 12.3. The number of aromatic nitrogens is 2. The molecule has 2 aromatic heterocycles. The molecule has 3 heterocycles. The van der Waals surface area contributed by atoms with Crippen LogP contribution in [-0.4, -0.2) is 21.9 Å². The van der Waals surface area contributed by atoms with Crippen LogP contribution in [-0.2, 0) is 13.1 Å². The molecule has 88 valence electrons. The largest absolute Gasteiger partial charge is 0.397 e. The third-order valence-electron chi connectivity index (χ3n) is 3.14. The van der Waals surface area contributed by atoms with Gasteiger partial charge in [0.15, 0.2) is 0 Å². The standard InChI is InChI=1S/C12H14N4O/c13-9-5-10(12(17)8-1-2-14-6-8)16-4-3-15-7-11(9)16/h1-2,5-6,14-15H,3-4,7,13H2. The van der Waals surface area contributed by atoms with Crippen molar-refractivity contribution >= 4 is 11.5 Å². The Morgan fingerprint density at radius 1 is 1.47 bits per heavy atom. The van der Waals surface area contributed by atoms with Crippen molar-refractivity contribution in [2.24, 2.45) is 0 Å². The summed E-state index contributed by atoms with van der Waals surface area (Å²) in [5.74, 6) is 0.0195. The fourth-order valence-corrected chi connectivity index (χ4v) is 2.26. The molecule has 2 aromatic rings. The van der Waals surface area contributed by atoms with E-state index in [4.69, 9.17) is 5.73 Å². The normalized spacial score (nSPS) is 14.6. The van der Waals surface area contributed by atoms with E-state index in [1.54, 1.807) is 24.5 Å². The van der Waals surface area contributed by atoms with E-state index >= 15 is 0 Å². The Balaban J connectivity index is 2.06. The van der Waals surface area contributed by atoms with Gasteiger partial charge < -0.3 is 20.6 Å². The van der Waals surface area contributed by atoms with Crippen LogP contribution in [0.3, 0.4) is 0 Å². The highest BCUT2D eigenvalue weighted by Gasteiger charge is 2.21. The van der Waals surface area contributed by atoms with Crippen molar-refractivity contribution in [3.05, 3.63) is 41.5 Å². The molecule has 0 amide bonds. The topological polar surface area (TPSA) is 75.8 Å². The predicted molar refractivity (Wildman–Crippen MR) is 64.8 cm³/mol. The van der Waals surface area contributed by atoms with Gasteiger partial charge in [-0.3, -0.25) is 4.79 Å². The Hall–Kier alpha value is -2.01. The Labute approximate surface area is 98.6 Å². The highest BCUT2D eigenvalue weighted by molar-refractivity contribution is 6.08. The zero-order chi connectivity index (χ0) is 11.8. The second kappa shape index (κ2) is 3.78. The van der Waals surface area contributed by atoms with E-state index in [2.05, 4.69) is 10.3 Å². The molecule has 5 nitrogen and oxygen atoms in total. The number of nitrogen functional groups attached to an aromatic ring is 1. The van der Waals surface area contributed by atoms with E-state index in [-0.39, 0.29) is 5.78 Å². The summed E-state index contributed by atoms with van der Waals surface area (Å²) in [6.07, 6.45) is 3.46. The lowest BCUT2D eigenvalue weighted by molar-refractivity contribution is 0.102. The van der Waals surface area contributed by atoms with Gasteiger partial charge in [-0.1, -0.05) is 0 Å². The fraction of sp³-hybridized carbons (Fsp3) is 0.250. The molecule has 0 unspecified atom stereocenters. The van der Waals surface area contributed by atoms with Crippen molar-refractivity contribution in [2.75, 3.05) is 12.3 Å². The molecule has 0 saturated heterocycles. The van der Waals surface area contributed by atoms with Crippen molar-refractivity contribution in [1.29, 1.82) is 0 Å². The van der Waals surface area contributed by atoms with Crippen molar-refractivity contribution in [1.82, 2.24) is 14.9 Å². The van der Waals surface area contributed by atoms with Crippen LogP contribution in [0.2, 0.25) is 0 Å². The van der Waals surface area contributed by atoms with E-state index in [9.17, 15) is 4.79 Å². The summed E-state index contributed by atoms with van der Waals surface area (Å²) in [6.45, 7) is 2.39. The molecular weight excluding hydrogens is 216 g/mol. The number of fused-ring (bicyclic) bond motifs is 1. The quantitative estimate of drug-likeness (QED) is 0.666. The highest BCUT2D eigenvalue weighted by atomic mass is 16.1. The molecule has 17 heavy (non-hydrogen) atoms. The van der Waals surface area contributed by atoms with Crippen molar-refractivity contribution in [3.63, 3.8) is 0 Å². The first-order valence-corrected chi connectivity index (χ1v) is 5.63. The van der Waals surface area contributed by atoms with Gasteiger partial charge in [0.25, 0.3) is 0 Å². The van der Waals surface area contributed by atoms with Crippen LogP contribution in [0, 0.1) is 0 Å². The number of ketones is 1. The lowest BCUT2D eigenvalue weighted by Gasteiger charge is -2.18. The first-order chi connectivity index (χ1) is 8.27. The Morgan fingerprint density at radius 2 is 2.35 bits per heavy atom. The monoisotopic (exact) mass is 230 g/mol. The van der Waals surface area contributed by atoms with Crippen molar-refractivity contribution in [3.8, 4) is 0 Å². The number of H-pyrrole nitrogens is 1. The summed E-state index contributed by atoms with van der Waals surface area (Å²) < 4.78 is 2.02. The number of aromatic amines is 1. The van der Waals surface area contributed by atoms with Gasteiger partial charge in [0.1, 0.15) is 0 Å². The number of hydrogen-bond donors (Lipinski definition) is 3. The zero-order valence-electron chi connectivity index (χ0n) is 9.36. The van der Waals surface area contributed by atoms with E-state index in [0.29, 0.717) is 16.9 Å². The van der Waals surface area contributed by atoms with Crippen molar-refractivity contribution in [2.45, 2.75) is 13.1 Å². The first-order valence-electron chi connectivity index (χ1n) is 5.63. The molecule has 0 aliphatic carbocycles. The number of nitrogens with zero attached hydrogens (tertiary/aromatic N) is 1. The van der Waals surface area contributed by atoms with E-state index in [0.717, 1.165) is 25.3 Å². The minimum atomic E-state index is 0.0195. The maximum Gasteiger partial charge on any atom is 0.210 e. The molecule has 0 radical (unpaired) electrons. The molecule has 0 spiro atoms. The van der Waals surface area contributed by atoms with E-state index in [1.807, 2.05) is 4.57 Å². The lowest BCUT2D eigenvalue weighted by Crippen LogP contribution is -2.29. The second-order valence-electron chi connectivity index (χ2n) is 4.19. The molecule has 3 rings (SSSR count). The summed E-state index contributed by atoms with van der Waals surface area (Å²) in [4.78, 5) is 15.2. The van der Waals surface area contributed by atoms with Crippen LogP contribution in [0.5, 0.6) is 0 Å². The van der Waals surface area contributed by atoms with Gasteiger partial charge in [0, 0.05) is 37.6 Å². The number of anilines is 1. The number of nitrogens with two attached hydrogens (primary N) is 1. The third-order valence-corrected chi connectivity index (χ3v) is 3.14. The second-order valence-corrected chi connectivity index (χ2v) is 4.19. The summed E-state index contributed by atoms with van der Waals surface area (Å²) >= 11 is 0. The summed E-state index contributed by atoms with van der Waals surface area (Å²) in [7, 11) is 0. The third kappa shape index (κ3) is 1.55. The Bertz CT molecular complexity index is 553. The Kier molecular flexibility index (Phi) is 2.26. The molecule has 0 atom stereocenters. The van der Waals surface area contributed by atoms with Crippen LogP contribution >= 0.6 is 0 Å². The van der Waals surface area contributed by atoms with Crippen molar-refractivity contribution < 1.29 is 4.79 Å². The van der Waals surface area contributed by atoms with Crippen LogP contribution in [0.15, 0.2) is 24.5 Å². The zero-order valence-corrected chi connectivity index (χ0v) is 9.36. The van der Waals surface area contributed by atoms with Gasteiger partial charge in [0.2, 0.25) is 5.78 Å². The number of nitrogens with one attached hydrogen (secondary N) is 2. The molecule has 5 heteroatoms. The van der Waals surface area contributed by atoms with Crippen LogP contribution < -0.4 is 11.1 Å². The number of hydrogen-bond acceptors (Lipinski definition) is 3. The lowest BCUT2D eigenvalue weighted by atomic mass is 10.1. The molecular formula is C12H14N4O. The average molecular weight is 230 g/mol. The molecule has 1 aliphatic heterocycles. The molecule has 0 fully saturated rings. The summed E-state index contributed by atoms with van der Waals surface area (Å²) in [5.41, 5.74) is 8.98. The first kappa shape index (κ1) is 10.2. The summed E-state index contributed by atoms with van der Waals surface area (Å²) in [6, 6.07) is 3.55. The SMILES string of the molecule is Nc1cc(C(=O)c2cc[nH]c2)n2c1CNCC2. The minimum Gasteiger partial charge on any atom is -0.397 e. The molecule has 1 aliphatic rings. The molecule has 4 N–H and O–H groups in total. The highest BCUT2D eigenvalue weighted by Crippen LogP contribution is 2.22.